The van der Waals surface area contributed by atoms with Crippen LogP contribution in [0.15, 0.2) is 48.6 Å². The van der Waals surface area contributed by atoms with E-state index in [0.717, 1.165) is 12.0 Å². The van der Waals surface area contributed by atoms with Crippen molar-refractivity contribution in [2.24, 2.45) is 0 Å². The molecule has 4 aliphatic rings. The fraction of sp³-hybridized carbons (Fsp3) is 0.190. The number of hydrogen-bond acceptors (Lipinski definition) is 2. The number of fused-ring (bicyclic) bond motifs is 10. The minimum atomic E-state index is 0.0823. The van der Waals surface area contributed by atoms with Gasteiger partial charge in [-0.05, 0) is 33.4 Å². The number of benzene rings is 2. The molecule has 0 radical (unpaired) electrons. The van der Waals surface area contributed by atoms with Crippen LogP contribution in [0.5, 0.6) is 0 Å². The number of carbonyl (C=O) groups is 1. The minimum Gasteiger partial charge on any atom is -0.377 e. The average molecular weight is 312 g/mol. The van der Waals surface area contributed by atoms with Gasteiger partial charge in [-0.25, -0.2) is 0 Å². The summed E-state index contributed by atoms with van der Waals surface area (Å²) in [5, 5.41) is 6.77. The summed E-state index contributed by atoms with van der Waals surface area (Å²) in [5.74, 6) is 0.343. The van der Waals surface area contributed by atoms with E-state index in [1.165, 1.54) is 39.1 Å². The first-order chi connectivity index (χ1) is 11.8. The summed E-state index contributed by atoms with van der Waals surface area (Å²) in [4.78, 5) is 12.6. The third-order valence-electron chi connectivity index (χ3n) is 5.83. The van der Waals surface area contributed by atoms with Crippen molar-refractivity contribution < 1.29 is 4.79 Å². The molecule has 0 aromatic heterocycles. The Morgan fingerprint density at radius 3 is 2.83 bits per heavy atom. The van der Waals surface area contributed by atoms with Crippen molar-refractivity contribution >= 4 is 11.6 Å². The van der Waals surface area contributed by atoms with E-state index in [1.54, 1.807) is 0 Å². The van der Waals surface area contributed by atoms with Gasteiger partial charge in [0, 0.05) is 24.6 Å². The van der Waals surface area contributed by atoms with Crippen LogP contribution in [-0.4, -0.2) is 11.9 Å². The largest absolute Gasteiger partial charge is 0.377 e. The lowest BCUT2D eigenvalue weighted by Crippen LogP contribution is -2.19. The molecular weight excluding hydrogens is 296 g/mol. The molecule has 3 heteroatoms. The monoisotopic (exact) mass is 312 g/mol. The zero-order valence-electron chi connectivity index (χ0n) is 13.1. The average Bonchev–Trinajstić information content (AvgIpc) is 3.27. The Kier molecular flexibility index (Phi) is 2.19. The van der Waals surface area contributed by atoms with Crippen molar-refractivity contribution in [3.8, 4) is 11.1 Å². The van der Waals surface area contributed by atoms with Crippen molar-refractivity contribution in [1.82, 2.24) is 5.32 Å². The molecule has 2 aromatic carbocycles. The standard InChI is InChI=1S/C21H16N2O/c24-21-19-15(10-22-21)17-12-6-2-1-5-11(12)9-14(17)20-18(19)13-7-3-4-8-16(13)23-20/h1-8,13,16,23H,9-10H2,(H,22,24). The molecule has 0 saturated heterocycles. The van der Waals surface area contributed by atoms with Crippen molar-refractivity contribution in [1.29, 1.82) is 0 Å². The van der Waals surface area contributed by atoms with Crippen molar-refractivity contribution in [3.05, 3.63) is 76.4 Å². The first-order valence-corrected chi connectivity index (χ1v) is 8.52. The lowest BCUT2D eigenvalue weighted by Gasteiger charge is -2.17. The maximum atomic E-state index is 12.6. The number of amides is 1. The number of nitrogens with one attached hydrogen (secondary N) is 2. The van der Waals surface area contributed by atoms with Gasteiger partial charge < -0.3 is 10.6 Å². The molecule has 2 heterocycles. The van der Waals surface area contributed by atoms with Crippen LogP contribution in [0.2, 0.25) is 0 Å². The van der Waals surface area contributed by atoms with Gasteiger partial charge in [-0.2, -0.15) is 0 Å². The van der Waals surface area contributed by atoms with Gasteiger partial charge in [0.2, 0.25) is 0 Å². The summed E-state index contributed by atoms with van der Waals surface area (Å²) in [6.07, 6.45) is 9.58. The summed E-state index contributed by atoms with van der Waals surface area (Å²) in [5.41, 5.74) is 9.84. The normalized spacial score (nSPS) is 23.9. The van der Waals surface area contributed by atoms with E-state index in [9.17, 15) is 4.79 Å². The molecule has 0 saturated carbocycles. The van der Waals surface area contributed by atoms with Crippen molar-refractivity contribution in [2.45, 2.75) is 24.9 Å². The second-order valence-corrected chi connectivity index (χ2v) is 6.98. The predicted molar refractivity (Wildman–Crippen MR) is 94.3 cm³/mol. The summed E-state index contributed by atoms with van der Waals surface area (Å²) in [6, 6.07) is 8.86. The summed E-state index contributed by atoms with van der Waals surface area (Å²) < 4.78 is 0. The van der Waals surface area contributed by atoms with Gasteiger partial charge in [0.1, 0.15) is 0 Å². The molecule has 24 heavy (non-hydrogen) atoms. The van der Waals surface area contributed by atoms with Gasteiger partial charge in [0.15, 0.2) is 0 Å². The second-order valence-electron chi connectivity index (χ2n) is 6.98. The lowest BCUT2D eigenvalue weighted by atomic mass is 9.84. The molecule has 2 atom stereocenters. The summed E-state index contributed by atoms with van der Waals surface area (Å²) in [7, 11) is 0. The Bertz CT molecular complexity index is 999. The topological polar surface area (TPSA) is 41.1 Å². The van der Waals surface area contributed by atoms with E-state index in [-0.39, 0.29) is 17.9 Å². The van der Waals surface area contributed by atoms with Gasteiger partial charge >= 0.3 is 0 Å². The highest BCUT2D eigenvalue weighted by Gasteiger charge is 2.42. The lowest BCUT2D eigenvalue weighted by molar-refractivity contribution is 0.0965. The van der Waals surface area contributed by atoms with Gasteiger partial charge in [-0.3, -0.25) is 4.79 Å². The Labute approximate surface area is 140 Å². The zero-order valence-corrected chi connectivity index (χ0v) is 13.1. The van der Waals surface area contributed by atoms with Crippen LogP contribution in [-0.2, 0) is 13.0 Å². The molecule has 6 rings (SSSR count). The highest BCUT2D eigenvalue weighted by Crippen LogP contribution is 2.53. The first-order valence-electron chi connectivity index (χ1n) is 8.52. The molecular formula is C21H16N2O. The minimum absolute atomic E-state index is 0.0823. The quantitative estimate of drug-likeness (QED) is 0.667. The van der Waals surface area contributed by atoms with Crippen LogP contribution < -0.4 is 10.6 Å². The molecule has 2 aliphatic heterocycles. The number of hydrogen-bond donors (Lipinski definition) is 2. The molecule has 2 unspecified atom stereocenters. The van der Waals surface area contributed by atoms with Crippen molar-refractivity contribution in [3.63, 3.8) is 0 Å². The predicted octanol–water partition coefficient (Wildman–Crippen LogP) is 3.50. The Morgan fingerprint density at radius 2 is 1.88 bits per heavy atom. The third-order valence-corrected chi connectivity index (χ3v) is 5.83. The maximum absolute atomic E-state index is 12.6. The van der Waals surface area contributed by atoms with E-state index >= 15 is 0 Å². The van der Waals surface area contributed by atoms with Crippen LogP contribution in [0.25, 0.3) is 11.1 Å². The zero-order chi connectivity index (χ0) is 15.8. The number of anilines is 1. The van der Waals surface area contributed by atoms with E-state index in [0.29, 0.717) is 6.54 Å². The Balaban J connectivity index is 1.72. The number of rotatable bonds is 0. The van der Waals surface area contributed by atoms with Crippen LogP contribution in [0.1, 0.15) is 38.5 Å². The van der Waals surface area contributed by atoms with Crippen LogP contribution in [0, 0.1) is 0 Å². The molecule has 1 amide bonds. The smallest absolute Gasteiger partial charge is 0.252 e. The van der Waals surface area contributed by atoms with Gasteiger partial charge in [0.05, 0.1) is 11.6 Å². The summed E-state index contributed by atoms with van der Waals surface area (Å²) in [6.45, 7) is 0.648. The fourth-order valence-electron chi connectivity index (χ4n) is 4.87. The number of allylic oxidation sites excluding steroid dienone is 2. The van der Waals surface area contributed by atoms with Gasteiger partial charge in [-0.1, -0.05) is 48.6 Å². The number of carbonyl (C=O) groups excluding carboxylic acids is 1. The van der Waals surface area contributed by atoms with Gasteiger partial charge in [0.25, 0.3) is 5.91 Å². The van der Waals surface area contributed by atoms with Crippen LogP contribution >= 0.6 is 0 Å². The molecule has 0 spiro atoms. The van der Waals surface area contributed by atoms with Crippen LogP contribution in [0.3, 0.4) is 0 Å². The fourth-order valence-corrected chi connectivity index (χ4v) is 4.87. The molecule has 116 valence electrons. The molecule has 2 aromatic rings. The maximum Gasteiger partial charge on any atom is 0.252 e. The van der Waals surface area contributed by atoms with E-state index in [2.05, 4.69) is 59.2 Å². The van der Waals surface area contributed by atoms with E-state index < -0.39 is 0 Å². The molecule has 2 aliphatic carbocycles. The van der Waals surface area contributed by atoms with Crippen LogP contribution in [0.4, 0.5) is 5.69 Å². The first kappa shape index (κ1) is 12.6. The molecule has 2 N–H and O–H groups in total. The molecule has 0 bridgehead atoms. The summed E-state index contributed by atoms with van der Waals surface area (Å²) >= 11 is 0. The van der Waals surface area contributed by atoms with E-state index in [4.69, 9.17) is 0 Å². The third kappa shape index (κ3) is 1.37. The Hall–Kier alpha value is -2.81. The molecule has 3 nitrogen and oxygen atoms in total. The SMILES string of the molecule is O=C1NCc2c1c1c(c3c2-c2ccccc2C3)NC2C=CC=CC12. The highest BCUT2D eigenvalue weighted by molar-refractivity contribution is 6.06. The highest BCUT2D eigenvalue weighted by atomic mass is 16.1. The van der Waals surface area contributed by atoms with Gasteiger partial charge in [-0.15, -0.1) is 0 Å². The molecule has 0 fully saturated rings. The Morgan fingerprint density at radius 1 is 1.00 bits per heavy atom. The second kappa shape index (κ2) is 4.18. The van der Waals surface area contributed by atoms with E-state index in [1.807, 2.05) is 0 Å². The van der Waals surface area contributed by atoms with Crippen molar-refractivity contribution in [2.75, 3.05) is 5.32 Å².